The van der Waals surface area contributed by atoms with Crippen LogP contribution in [0, 0.1) is 12.8 Å². The summed E-state index contributed by atoms with van der Waals surface area (Å²) in [5.41, 5.74) is 2.15. The molecule has 3 amide bonds. The van der Waals surface area contributed by atoms with Crippen LogP contribution < -0.4 is 10.6 Å². The Morgan fingerprint density at radius 3 is 2.61 bits per heavy atom. The molecule has 1 heterocycles. The molecular weight excluding hydrogens is 374 g/mol. The lowest BCUT2D eigenvalue weighted by molar-refractivity contribution is -0.117. The predicted octanol–water partition coefficient (Wildman–Crippen LogP) is 3.29. The topological polar surface area (TPSA) is 88.9 Å². The first-order valence-electron chi connectivity index (χ1n) is 9.63. The third kappa shape index (κ3) is 5.13. The van der Waals surface area contributed by atoms with Gasteiger partial charge in [0.05, 0.1) is 5.75 Å². The molecule has 2 atom stereocenters. The number of aromatic nitrogens is 3. The first-order valence-corrected chi connectivity index (χ1v) is 10.6. The van der Waals surface area contributed by atoms with E-state index < -0.39 is 6.03 Å². The van der Waals surface area contributed by atoms with Crippen LogP contribution in [0.25, 0.3) is 11.4 Å². The second kappa shape index (κ2) is 9.23. The fourth-order valence-electron chi connectivity index (χ4n) is 3.42. The highest BCUT2D eigenvalue weighted by Crippen LogP contribution is 2.24. The van der Waals surface area contributed by atoms with Crippen LogP contribution in [0.4, 0.5) is 4.79 Å². The number of carbonyl (C=O) groups excluding carboxylic acids is 2. The van der Waals surface area contributed by atoms with Crippen molar-refractivity contribution in [3.8, 4) is 11.4 Å². The molecule has 28 heavy (non-hydrogen) atoms. The second-order valence-electron chi connectivity index (χ2n) is 7.41. The Balaban J connectivity index is 1.50. The third-order valence-electron chi connectivity index (χ3n) is 5.16. The molecular formula is C20H27N5O2S. The van der Waals surface area contributed by atoms with Crippen LogP contribution in [0.3, 0.4) is 0 Å². The molecule has 2 N–H and O–H groups in total. The molecule has 3 rings (SSSR count). The fourth-order valence-corrected chi connectivity index (χ4v) is 4.13. The highest BCUT2D eigenvalue weighted by molar-refractivity contribution is 7.99. The molecule has 0 spiro atoms. The Morgan fingerprint density at radius 2 is 1.89 bits per heavy atom. The number of carbonyl (C=O) groups is 2. The maximum Gasteiger partial charge on any atom is 0.321 e. The molecule has 150 valence electrons. The van der Waals surface area contributed by atoms with Gasteiger partial charge in [-0.2, -0.15) is 0 Å². The van der Waals surface area contributed by atoms with Gasteiger partial charge in [-0.05, 0) is 25.7 Å². The van der Waals surface area contributed by atoms with Gasteiger partial charge in [0.25, 0.3) is 0 Å². The van der Waals surface area contributed by atoms with Crippen molar-refractivity contribution < 1.29 is 9.59 Å². The first kappa shape index (κ1) is 20.4. The number of hydrogen-bond donors (Lipinski definition) is 2. The van der Waals surface area contributed by atoms with Crippen molar-refractivity contribution >= 4 is 23.7 Å². The molecule has 1 aromatic carbocycles. The Morgan fingerprint density at radius 1 is 1.18 bits per heavy atom. The summed E-state index contributed by atoms with van der Waals surface area (Å²) in [6.07, 6.45) is 4.41. The highest BCUT2D eigenvalue weighted by atomic mass is 32.2. The standard InChI is InChI=1S/C20H27N5O2S/c1-13-8-10-15(11-9-13)18-23-24-20(25(18)3)28-12-17(26)22-19(27)21-16-7-5-4-6-14(16)2/h8-11,14,16H,4-7,12H2,1-3H3,(H2,21,22,26,27). The van der Waals surface area contributed by atoms with Crippen molar-refractivity contribution in [2.75, 3.05) is 5.75 Å². The van der Waals surface area contributed by atoms with E-state index in [1.54, 1.807) is 0 Å². The number of urea groups is 1. The molecule has 1 aromatic heterocycles. The maximum absolute atomic E-state index is 12.1. The summed E-state index contributed by atoms with van der Waals surface area (Å²) in [6, 6.07) is 7.77. The van der Waals surface area contributed by atoms with Gasteiger partial charge in [0.15, 0.2) is 11.0 Å². The molecule has 1 aliphatic carbocycles. The lowest BCUT2D eigenvalue weighted by Gasteiger charge is -2.29. The SMILES string of the molecule is Cc1ccc(-c2nnc(SCC(=O)NC(=O)NC3CCCCC3C)n2C)cc1. The summed E-state index contributed by atoms with van der Waals surface area (Å²) in [5, 5.41) is 14.4. The monoisotopic (exact) mass is 401 g/mol. The zero-order valence-electron chi connectivity index (χ0n) is 16.6. The number of aryl methyl sites for hydroxylation is 1. The van der Waals surface area contributed by atoms with Crippen molar-refractivity contribution in [1.29, 1.82) is 0 Å². The molecule has 0 aliphatic heterocycles. The molecule has 7 nitrogen and oxygen atoms in total. The van der Waals surface area contributed by atoms with Crippen LogP contribution in [0.15, 0.2) is 29.4 Å². The predicted molar refractivity (Wildman–Crippen MR) is 110 cm³/mol. The molecule has 2 unspecified atom stereocenters. The number of rotatable bonds is 5. The first-order chi connectivity index (χ1) is 13.4. The van der Waals surface area contributed by atoms with E-state index in [9.17, 15) is 9.59 Å². The van der Waals surface area contributed by atoms with Crippen molar-refractivity contribution in [2.45, 2.75) is 50.7 Å². The minimum absolute atomic E-state index is 0.105. The fraction of sp³-hybridized carbons (Fsp3) is 0.500. The number of benzene rings is 1. The quantitative estimate of drug-likeness (QED) is 0.751. The number of amides is 3. The largest absolute Gasteiger partial charge is 0.335 e. The van der Waals surface area contributed by atoms with Crippen molar-refractivity contribution in [2.24, 2.45) is 13.0 Å². The van der Waals surface area contributed by atoms with Crippen LogP contribution in [-0.2, 0) is 11.8 Å². The normalized spacial score (nSPS) is 19.2. The zero-order chi connectivity index (χ0) is 20.1. The van der Waals surface area contributed by atoms with Crippen LogP contribution in [0.2, 0.25) is 0 Å². The van der Waals surface area contributed by atoms with Crippen molar-refractivity contribution in [3.63, 3.8) is 0 Å². The third-order valence-corrected chi connectivity index (χ3v) is 6.18. The summed E-state index contributed by atoms with van der Waals surface area (Å²) in [6.45, 7) is 4.17. The van der Waals surface area contributed by atoms with Gasteiger partial charge in [0, 0.05) is 18.7 Å². The summed E-state index contributed by atoms with van der Waals surface area (Å²) in [5.74, 6) is 0.952. The van der Waals surface area contributed by atoms with Crippen LogP contribution >= 0.6 is 11.8 Å². The van der Waals surface area contributed by atoms with E-state index in [2.05, 4.69) is 27.8 Å². The summed E-state index contributed by atoms with van der Waals surface area (Å²) < 4.78 is 1.85. The van der Waals surface area contributed by atoms with Crippen LogP contribution in [-0.4, -0.2) is 38.5 Å². The van der Waals surface area contributed by atoms with Gasteiger partial charge >= 0.3 is 6.03 Å². The van der Waals surface area contributed by atoms with Gasteiger partial charge in [-0.3, -0.25) is 10.1 Å². The molecule has 0 radical (unpaired) electrons. The van der Waals surface area contributed by atoms with E-state index in [4.69, 9.17) is 0 Å². The van der Waals surface area contributed by atoms with Crippen molar-refractivity contribution in [1.82, 2.24) is 25.4 Å². The lowest BCUT2D eigenvalue weighted by Crippen LogP contribution is -2.48. The van der Waals surface area contributed by atoms with Crippen LogP contribution in [0.5, 0.6) is 0 Å². The smallest absolute Gasteiger partial charge is 0.321 e. The van der Waals surface area contributed by atoms with Gasteiger partial charge in [0.2, 0.25) is 5.91 Å². The van der Waals surface area contributed by atoms with E-state index in [1.807, 2.05) is 42.8 Å². The van der Waals surface area contributed by atoms with E-state index >= 15 is 0 Å². The van der Waals surface area contributed by atoms with Crippen LogP contribution in [0.1, 0.15) is 38.2 Å². The molecule has 8 heteroatoms. The second-order valence-corrected chi connectivity index (χ2v) is 8.35. The lowest BCUT2D eigenvalue weighted by atomic mass is 9.86. The summed E-state index contributed by atoms with van der Waals surface area (Å²) in [4.78, 5) is 24.2. The van der Waals surface area contributed by atoms with E-state index in [0.29, 0.717) is 11.1 Å². The van der Waals surface area contributed by atoms with Crippen molar-refractivity contribution in [3.05, 3.63) is 29.8 Å². The Hall–Kier alpha value is -2.35. The van der Waals surface area contributed by atoms with Gasteiger partial charge < -0.3 is 9.88 Å². The summed E-state index contributed by atoms with van der Waals surface area (Å²) in [7, 11) is 1.87. The Kier molecular flexibility index (Phi) is 6.72. The molecule has 1 fully saturated rings. The molecule has 1 aliphatic rings. The minimum Gasteiger partial charge on any atom is -0.335 e. The molecule has 0 bridgehead atoms. The maximum atomic E-state index is 12.1. The van der Waals surface area contributed by atoms with Gasteiger partial charge in [0.1, 0.15) is 0 Å². The highest BCUT2D eigenvalue weighted by Gasteiger charge is 2.23. The Labute approximate surface area is 169 Å². The Bertz CT molecular complexity index is 834. The number of imide groups is 1. The summed E-state index contributed by atoms with van der Waals surface area (Å²) >= 11 is 1.26. The number of nitrogens with zero attached hydrogens (tertiary/aromatic N) is 3. The van der Waals surface area contributed by atoms with Gasteiger partial charge in [-0.25, -0.2) is 4.79 Å². The number of thioether (sulfide) groups is 1. The molecule has 1 saturated carbocycles. The number of nitrogens with one attached hydrogen (secondary N) is 2. The average molecular weight is 402 g/mol. The molecule has 0 saturated heterocycles. The minimum atomic E-state index is -0.414. The van der Waals surface area contributed by atoms with E-state index in [1.165, 1.54) is 23.7 Å². The van der Waals surface area contributed by atoms with Gasteiger partial charge in [-0.1, -0.05) is 61.4 Å². The van der Waals surface area contributed by atoms with E-state index in [-0.39, 0.29) is 17.7 Å². The van der Waals surface area contributed by atoms with Gasteiger partial charge in [-0.15, -0.1) is 10.2 Å². The van der Waals surface area contributed by atoms with E-state index in [0.717, 1.165) is 30.7 Å². The average Bonchev–Trinajstić information content (AvgIpc) is 3.03. The molecule has 2 aromatic rings. The zero-order valence-corrected chi connectivity index (χ0v) is 17.4. The number of hydrogen-bond acceptors (Lipinski definition) is 5.